The number of nitrogens with one attached hydrogen (secondary N) is 1. The highest BCUT2D eigenvalue weighted by atomic mass is 16.6. The fraction of sp³-hybridized carbons (Fsp3) is 0.258. The molecule has 4 heteroatoms. The van der Waals surface area contributed by atoms with Gasteiger partial charge in [0, 0.05) is 17.2 Å². The van der Waals surface area contributed by atoms with Crippen LogP contribution in [0.5, 0.6) is 0 Å². The van der Waals surface area contributed by atoms with E-state index in [2.05, 4.69) is 83.0 Å². The predicted octanol–water partition coefficient (Wildman–Crippen LogP) is 6.68. The Morgan fingerprint density at radius 1 is 0.771 bits per heavy atom. The van der Waals surface area contributed by atoms with Gasteiger partial charge in [-0.1, -0.05) is 97.1 Å². The summed E-state index contributed by atoms with van der Waals surface area (Å²) in [6.45, 7) is 2.10. The molecule has 4 aromatic carbocycles. The Hall–Kier alpha value is -3.63. The number of ether oxygens (including phenoxy) is 1. The van der Waals surface area contributed by atoms with Crippen molar-refractivity contribution in [3.05, 3.63) is 114 Å². The lowest BCUT2D eigenvalue weighted by Crippen LogP contribution is -2.61. The van der Waals surface area contributed by atoms with Crippen LogP contribution in [0.4, 0.5) is 10.5 Å². The van der Waals surface area contributed by atoms with E-state index in [0.29, 0.717) is 5.92 Å². The van der Waals surface area contributed by atoms with Crippen LogP contribution >= 0.6 is 0 Å². The van der Waals surface area contributed by atoms with Crippen LogP contribution in [0.3, 0.4) is 0 Å². The number of carbonyl (C=O) groups is 1. The minimum Gasteiger partial charge on any atom is -0.444 e. The average Bonchev–Trinajstić information content (AvgIpc) is 2.92. The molecule has 3 heterocycles. The summed E-state index contributed by atoms with van der Waals surface area (Å²) in [7, 11) is 0. The topological polar surface area (TPSA) is 41.6 Å². The van der Waals surface area contributed by atoms with E-state index in [0.717, 1.165) is 42.4 Å². The van der Waals surface area contributed by atoms with E-state index in [1.165, 1.54) is 11.1 Å². The van der Waals surface area contributed by atoms with Gasteiger partial charge in [-0.05, 0) is 48.5 Å². The van der Waals surface area contributed by atoms with E-state index in [1.54, 1.807) is 0 Å². The van der Waals surface area contributed by atoms with Gasteiger partial charge in [-0.3, -0.25) is 10.2 Å². The second-order valence-electron chi connectivity index (χ2n) is 9.68. The maximum Gasteiger partial charge on any atom is 0.411 e. The molecule has 0 spiro atoms. The molecule has 2 atom stereocenters. The Kier molecular flexibility index (Phi) is 5.97. The van der Waals surface area contributed by atoms with E-state index >= 15 is 0 Å². The van der Waals surface area contributed by atoms with Gasteiger partial charge in [0.25, 0.3) is 0 Å². The van der Waals surface area contributed by atoms with Gasteiger partial charge in [-0.15, -0.1) is 0 Å². The van der Waals surface area contributed by atoms with Gasteiger partial charge in [0.2, 0.25) is 0 Å². The van der Waals surface area contributed by atoms with Crippen LogP contribution in [0, 0.1) is 5.92 Å². The van der Waals surface area contributed by atoms with Crippen molar-refractivity contribution in [1.82, 2.24) is 4.90 Å². The quantitative estimate of drug-likeness (QED) is 0.360. The first-order valence-electron chi connectivity index (χ1n) is 12.6. The molecule has 0 aliphatic carbocycles. The Morgan fingerprint density at radius 3 is 2.06 bits per heavy atom. The summed E-state index contributed by atoms with van der Waals surface area (Å²) >= 11 is 0. The fourth-order valence-electron chi connectivity index (χ4n) is 6.10. The standard InChI is InChI=1S/C31H30N2O2/c34-31(32-27-17-9-15-22-10-7-8-16-26(22)27)35-30-25-18-20-33(21-19-25)29(30)28(23-11-3-1-4-12-23)24-13-5-2-6-14-24/h1-17,25,28-30H,18-21H2,(H,32,34)/t29?,30-/m1/s1. The Bertz CT molecular complexity index is 1250. The van der Waals surface area contributed by atoms with Crippen LogP contribution in [0.25, 0.3) is 10.8 Å². The molecular formula is C31H30N2O2. The van der Waals surface area contributed by atoms with Crippen molar-refractivity contribution in [1.29, 1.82) is 0 Å². The van der Waals surface area contributed by atoms with Crippen molar-refractivity contribution in [3.8, 4) is 0 Å². The normalized spacial score (nSPS) is 23.3. The molecule has 1 amide bonds. The number of benzene rings is 4. The molecule has 176 valence electrons. The molecule has 7 rings (SSSR count). The highest BCUT2D eigenvalue weighted by molar-refractivity contribution is 6.00. The van der Waals surface area contributed by atoms with Crippen LogP contribution < -0.4 is 5.32 Å². The minimum atomic E-state index is -0.370. The monoisotopic (exact) mass is 462 g/mol. The lowest BCUT2D eigenvalue weighted by molar-refractivity contribution is -0.0797. The molecule has 3 fully saturated rings. The van der Waals surface area contributed by atoms with Gasteiger partial charge in [0.15, 0.2) is 0 Å². The number of hydrogen-bond donors (Lipinski definition) is 1. The number of fused-ring (bicyclic) bond motifs is 4. The van der Waals surface area contributed by atoms with Gasteiger partial charge in [-0.25, -0.2) is 4.79 Å². The van der Waals surface area contributed by atoms with Gasteiger partial charge < -0.3 is 4.74 Å². The maximum absolute atomic E-state index is 13.3. The number of amides is 1. The summed E-state index contributed by atoms with van der Waals surface area (Å²) in [6.07, 6.45) is 1.60. The minimum absolute atomic E-state index is 0.102. The molecule has 35 heavy (non-hydrogen) atoms. The third-order valence-corrected chi connectivity index (χ3v) is 7.73. The first-order valence-corrected chi connectivity index (χ1v) is 12.6. The van der Waals surface area contributed by atoms with Crippen LogP contribution in [0.1, 0.15) is 29.9 Å². The number of rotatable bonds is 5. The molecule has 2 bridgehead atoms. The van der Waals surface area contributed by atoms with E-state index in [4.69, 9.17) is 4.74 Å². The molecule has 0 saturated carbocycles. The van der Waals surface area contributed by atoms with E-state index in [9.17, 15) is 4.79 Å². The fourth-order valence-corrected chi connectivity index (χ4v) is 6.10. The number of nitrogens with zero attached hydrogens (tertiary/aromatic N) is 1. The number of carbonyl (C=O) groups excluding carboxylic acids is 1. The van der Waals surface area contributed by atoms with E-state index < -0.39 is 0 Å². The van der Waals surface area contributed by atoms with Gasteiger partial charge in [-0.2, -0.15) is 0 Å². The number of anilines is 1. The van der Waals surface area contributed by atoms with Crippen molar-refractivity contribution in [2.75, 3.05) is 18.4 Å². The lowest BCUT2D eigenvalue weighted by atomic mass is 9.72. The zero-order valence-corrected chi connectivity index (χ0v) is 19.7. The molecule has 0 radical (unpaired) electrons. The third-order valence-electron chi connectivity index (χ3n) is 7.73. The zero-order chi connectivity index (χ0) is 23.6. The Balaban J connectivity index is 1.32. The predicted molar refractivity (Wildman–Crippen MR) is 141 cm³/mol. The molecule has 4 aromatic rings. The van der Waals surface area contributed by atoms with Crippen molar-refractivity contribution >= 4 is 22.6 Å². The lowest BCUT2D eigenvalue weighted by Gasteiger charge is -2.52. The first-order chi connectivity index (χ1) is 17.3. The maximum atomic E-state index is 13.3. The highest BCUT2D eigenvalue weighted by Crippen LogP contribution is 2.43. The molecule has 0 aromatic heterocycles. The summed E-state index contributed by atoms with van der Waals surface area (Å²) < 4.78 is 6.32. The first kappa shape index (κ1) is 21.9. The van der Waals surface area contributed by atoms with Crippen molar-refractivity contribution < 1.29 is 9.53 Å². The SMILES string of the molecule is O=C(Nc1cccc2ccccc12)O[C@@H]1C2CCN(CC2)C1C(c1ccccc1)c1ccccc1. The second kappa shape index (κ2) is 9.55. The smallest absolute Gasteiger partial charge is 0.411 e. The molecule has 1 N–H and O–H groups in total. The summed E-state index contributed by atoms with van der Waals surface area (Å²) in [6, 6.07) is 35.5. The van der Waals surface area contributed by atoms with Crippen LogP contribution in [-0.4, -0.2) is 36.2 Å². The van der Waals surface area contributed by atoms with Crippen LogP contribution in [-0.2, 0) is 4.74 Å². The Morgan fingerprint density at radius 2 is 1.37 bits per heavy atom. The average molecular weight is 463 g/mol. The number of hydrogen-bond acceptors (Lipinski definition) is 3. The van der Waals surface area contributed by atoms with Crippen molar-refractivity contribution in [3.63, 3.8) is 0 Å². The second-order valence-corrected chi connectivity index (χ2v) is 9.68. The Labute approximate surface area is 206 Å². The van der Waals surface area contributed by atoms with Gasteiger partial charge in [0.05, 0.1) is 11.7 Å². The molecular weight excluding hydrogens is 432 g/mol. The molecule has 3 aliphatic rings. The molecule has 4 nitrogen and oxygen atoms in total. The van der Waals surface area contributed by atoms with Gasteiger partial charge in [0.1, 0.15) is 6.10 Å². The molecule has 3 aliphatic heterocycles. The van der Waals surface area contributed by atoms with Crippen molar-refractivity contribution in [2.24, 2.45) is 5.92 Å². The van der Waals surface area contributed by atoms with Crippen LogP contribution in [0.2, 0.25) is 0 Å². The highest BCUT2D eigenvalue weighted by Gasteiger charge is 2.48. The summed E-state index contributed by atoms with van der Waals surface area (Å²) in [5.41, 5.74) is 3.31. The van der Waals surface area contributed by atoms with E-state index in [-0.39, 0.29) is 24.2 Å². The summed E-state index contributed by atoms with van der Waals surface area (Å²) in [5, 5.41) is 5.17. The number of piperidine rings is 3. The molecule has 1 unspecified atom stereocenters. The molecule has 3 saturated heterocycles. The summed E-state index contributed by atoms with van der Waals surface area (Å²) in [5.74, 6) is 0.508. The largest absolute Gasteiger partial charge is 0.444 e. The van der Waals surface area contributed by atoms with Crippen LogP contribution in [0.15, 0.2) is 103 Å². The van der Waals surface area contributed by atoms with Gasteiger partial charge >= 0.3 is 6.09 Å². The van der Waals surface area contributed by atoms with E-state index in [1.807, 2.05) is 30.3 Å². The van der Waals surface area contributed by atoms with Crippen molar-refractivity contribution in [2.45, 2.75) is 30.9 Å². The third kappa shape index (κ3) is 4.30. The zero-order valence-electron chi connectivity index (χ0n) is 19.7. The summed E-state index contributed by atoms with van der Waals surface area (Å²) in [4.78, 5) is 15.8.